The van der Waals surface area contributed by atoms with E-state index in [4.69, 9.17) is 10.4 Å². The maximum absolute atomic E-state index is 10.7. The van der Waals surface area contributed by atoms with Crippen LogP contribution in [-0.2, 0) is 0 Å². The second kappa shape index (κ2) is 4.43. The van der Waals surface area contributed by atoms with Crippen molar-refractivity contribution >= 4 is 5.97 Å². The van der Waals surface area contributed by atoms with Crippen molar-refractivity contribution < 1.29 is 9.90 Å². The Morgan fingerprint density at radius 3 is 2.93 bits per heavy atom. The summed E-state index contributed by atoms with van der Waals surface area (Å²) in [5, 5.41) is 17.3. The van der Waals surface area contributed by atoms with E-state index >= 15 is 0 Å². The van der Waals surface area contributed by atoms with Crippen LogP contribution in [0.15, 0.2) is 24.3 Å². The molecule has 1 aromatic carbocycles. The Hall–Kier alpha value is -1.82. The molecule has 14 heavy (non-hydrogen) atoms. The van der Waals surface area contributed by atoms with Gasteiger partial charge in [0.1, 0.15) is 0 Å². The number of aromatic carboxylic acids is 1. The lowest BCUT2D eigenvalue weighted by Gasteiger charge is -2.07. The van der Waals surface area contributed by atoms with Crippen LogP contribution in [-0.4, -0.2) is 11.1 Å². The van der Waals surface area contributed by atoms with Gasteiger partial charge in [0.25, 0.3) is 0 Å². The number of carbonyl (C=O) groups is 1. The average Bonchev–Trinajstić information content (AvgIpc) is 2.18. The summed E-state index contributed by atoms with van der Waals surface area (Å²) in [7, 11) is 0. The van der Waals surface area contributed by atoms with Gasteiger partial charge < -0.3 is 5.11 Å². The molecular formula is C11H11NO2. The summed E-state index contributed by atoms with van der Waals surface area (Å²) in [4.78, 5) is 10.7. The first-order valence-corrected chi connectivity index (χ1v) is 4.35. The third-order valence-corrected chi connectivity index (χ3v) is 2.10. The molecule has 1 rings (SSSR count). The monoisotopic (exact) mass is 189 g/mol. The fourth-order valence-corrected chi connectivity index (χ4v) is 1.23. The molecule has 1 N–H and O–H groups in total. The zero-order chi connectivity index (χ0) is 10.6. The third-order valence-electron chi connectivity index (χ3n) is 2.10. The second-order valence-corrected chi connectivity index (χ2v) is 3.19. The van der Waals surface area contributed by atoms with Gasteiger partial charge in [-0.2, -0.15) is 5.26 Å². The van der Waals surface area contributed by atoms with E-state index in [-0.39, 0.29) is 11.5 Å². The number of hydrogen-bond donors (Lipinski definition) is 1. The minimum atomic E-state index is -0.934. The largest absolute Gasteiger partial charge is 0.478 e. The highest BCUT2D eigenvalue weighted by molar-refractivity contribution is 5.87. The molecule has 3 nitrogen and oxygen atoms in total. The van der Waals surface area contributed by atoms with Crippen LogP contribution in [0.1, 0.15) is 35.2 Å². The topological polar surface area (TPSA) is 61.1 Å². The Kier molecular flexibility index (Phi) is 3.24. The van der Waals surface area contributed by atoms with Crippen LogP contribution in [0.2, 0.25) is 0 Å². The van der Waals surface area contributed by atoms with E-state index in [0.29, 0.717) is 6.42 Å². The predicted molar refractivity (Wildman–Crippen MR) is 52.0 cm³/mol. The van der Waals surface area contributed by atoms with Gasteiger partial charge in [0.05, 0.1) is 11.6 Å². The molecule has 0 saturated carbocycles. The molecule has 72 valence electrons. The van der Waals surface area contributed by atoms with Crippen molar-refractivity contribution in [1.29, 1.82) is 5.26 Å². The van der Waals surface area contributed by atoms with Gasteiger partial charge in [0.15, 0.2) is 0 Å². The van der Waals surface area contributed by atoms with Crippen LogP contribution in [0.3, 0.4) is 0 Å². The second-order valence-electron chi connectivity index (χ2n) is 3.19. The number of benzene rings is 1. The summed E-state index contributed by atoms with van der Waals surface area (Å²) in [5.41, 5.74) is 1.17. The molecule has 0 heterocycles. The molecule has 3 heteroatoms. The van der Waals surface area contributed by atoms with E-state index in [1.807, 2.05) is 13.0 Å². The number of nitrogens with zero attached hydrogens (tertiary/aromatic N) is 1. The first-order valence-electron chi connectivity index (χ1n) is 4.35. The van der Waals surface area contributed by atoms with Crippen LogP contribution in [0.25, 0.3) is 0 Å². The number of carboxylic acid groups (broad SMARTS) is 1. The molecule has 0 aliphatic carbocycles. The smallest absolute Gasteiger partial charge is 0.335 e. The van der Waals surface area contributed by atoms with Gasteiger partial charge in [-0.15, -0.1) is 0 Å². The van der Waals surface area contributed by atoms with E-state index in [1.165, 1.54) is 0 Å². The Morgan fingerprint density at radius 2 is 2.36 bits per heavy atom. The standard InChI is InChI=1S/C11H11NO2/c1-8(5-6-12)9-3-2-4-10(7-9)11(13)14/h2-4,7-8H,5H2,1H3,(H,13,14). The van der Waals surface area contributed by atoms with Crippen molar-refractivity contribution in [1.82, 2.24) is 0 Å². The van der Waals surface area contributed by atoms with E-state index in [0.717, 1.165) is 5.56 Å². The molecule has 1 atom stereocenters. The van der Waals surface area contributed by atoms with Crippen LogP contribution in [0.5, 0.6) is 0 Å². The summed E-state index contributed by atoms with van der Waals surface area (Å²) >= 11 is 0. The van der Waals surface area contributed by atoms with Crippen LogP contribution in [0.4, 0.5) is 0 Å². The zero-order valence-corrected chi connectivity index (χ0v) is 7.90. The van der Waals surface area contributed by atoms with Crippen molar-refractivity contribution in [3.8, 4) is 6.07 Å². The fourth-order valence-electron chi connectivity index (χ4n) is 1.23. The summed E-state index contributed by atoms with van der Waals surface area (Å²) < 4.78 is 0. The number of hydrogen-bond acceptors (Lipinski definition) is 2. The number of carboxylic acids is 1. The van der Waals surface area contributed by atoms with Gasteiger partial charge in [-0.25, -0.2) is 4.79 Å². The third kappa shape index (κ3) is 2.33. The minimum Gasteiger partial charge on any atom is -0.478 e. The SMILES string of the molecule is CC(CC#N)c1cccc(C(=O)O)c1. The van der Waals surface area contributed by atoms with Gasteiger partial charge in [-0.05, 0) is 23.6 Å². The van der Waals surface area contributed by atoms with Crippen LogP contribution < -0.4 is 0 Å². The van der Waals surface area contributed by atoms with E-state index < -0.39 is 5.97 Å². The van der Waals surface area contributed by atoms with E-state index in [2.05, 4.69) is 6.07 Å². The molecule has 0 spiro atoms. The Morgan fingerprint density at radius 1 is 1.64 bits per heavy atom. The molecular weight excluding hydrogens is 178 g/mol. The number of rotatable bonds is 3. The maximum Gasteiger partial charge on any atom is 0.335 e. The summed E-state index contributed by atoms with van der Waals surface area (Å²) in [6.07, 6.45) is 0.406. The van der Waals surface area contributed by atoms with Gasteiger partial charge in [-0.3, -0.25) is 0 Å². The molecule has 0 aromatic heterocycles. The molecule has 0 bridgehead atoms. The highest BCUT2D eigenvalue weighted by Crippen LogP contribution is 2.19. The number of nitriles is 1. The lowest BCUT2D eigenvalue weighted by Crippen LogP contribution is -1.99. The van der Waals surface area contributed by atoms with Crippen LogP contribution in [0, 0.1) is 11.3 Å². The quantitative estimate of drug-likeness (QED) is 0.794. The minimum absolute atomic E-state index is 0.0827. The molecule has 0 radical (unpaired) electrons. The normalized spacial score (nSPS) is 11.7. The van der Waals surface area contributed by atoms with Crippen molar-refractivity contribution in [2.24, 2.45) is 0 Å². The Balaban J connectivity index is 2.94. The lowest BCUT2D eigenvalue weighted by atomic mass is 9.97. The van der Waals surface area contributed by atoms with Gasteiger partial charge in [0, 0.05) is 6.42 Å². The molecule has 1 aromatic rings. The molecule has 0 amide bonds. The maximum atomic E-state index is 10.7. The molecule has 0 fully saturated rings. The molecule has 0 aliphatic rings. The first kappa shape index (κ1) is 10.3. The average molecular weight is 189 g/mol. The summed E-state index contributed by atoms with van der Waals surface area (Å²) in [5.74, 6) is -0.852. The van der Waals surface area contributed by atoms with Crippen LogP contribution >= 0.6 is 0 Å². The molecule has 1 unspecified atom stereocenters. The van der Waals surface area contributed by atoms with Crippen molar-refractivity contribution in [3.63, 3.8) is 0 Å². The Bertz CT molecular complexity index is 379. The van der Waals surface area contributed by atoms with Crippen molar-refractivity contribution in [2.45, 2.75) is 19.3 Å². The van der Waals surface area contributed by atoms with Crippen molar-refractivity contribution in [2.75, 3.05) is 0 Å². The van der Waals surface area contributed by atoms with Gasteiger partial charge in [-0.1, -0.05) is 19.1 Å². The fraction of sp³-hybridized carbons (Fsp3) is 0.273. The predicted octanol–water partition coefficient (Wildman–Crippen LogP) is 2.40. The lowest BCUT2D eigenvalue weighted by molar-refractivity contribution is 0.0697. The summed E-state index contributed by atoms with van der Waals surface area (Å²) in [6, 6.07) is 8.77. The van der Waals surface area contributed by atoms with E-state index in [1.54, 1.807) is 18.2 Å². The molecule has 0 aliphatic heterocycles. The highest BCUT2D eigenvalue weighted by Gasteiger charge is 2.08. The van der Waals surface area contributed by atoms with Crippen molar-refractivity contribution in [3.05, 3.63) is 35.4 Å². The van der Waals surface area contributed by atoms with Gasteiger partial charge in [0.2, 0.25) is 0 Å². The zero-order valence-electron chi connectivity index (χ0n) is 7.90. The highest BCUT2D eigenvalue weighted by atomic mass is 16.4. The molecule has 0 saturated heterocycles. The van der Waals surface area contributed by atoms with E-state index in [9.17, 15) is 4.79 Å². The first-order chi connectivity index (χ1) is 6.65. The Labute approximate surface area is 82.6 Å². The summed E-state index contributed by atoms with van der Waals surface area (Å²) in [6.45, 7) is 1.91. The van der Waals surface area contributed by atoms with Gasteiger partial charge >= 0.3 is 5.97 Å².